The molecule has 15 heteroatoms. The molecule has 1 aliphatic heterocycles. The lowest BCUT2D eigenvalue weighted by Gasteiger charge is -2.24. The van der Waals surface area contributed by atoms with E-state index in [1.807, 2.05) is 48.3 Å². The maximum absolute atomic E-state index is 12.8. The summed E-state index contributed by atoms with van der Waals surface area (Å²) in [5, 5.41) is 35.2. The van der Waals surface area contributed by atoms with Gasteiger partial charge < -0.3 is 48.9 Å². The van der Waals surface area contributed by atoms with Crippen molar-refractivity contribution in [3.8, 4) is 46.7 Å². The molecule has 4 N–H and O–H groups in total. The zero-order valence-corrected chi connectivity index (χ0v) is 33.7. The van der Waals surface area contributed by atoms with Crippen LogP contribution in [0.1, 0.15) is 23.5 Å². The van der Waals surface area contributed by atoms with Gasteiger partial charge in [-0.3, -0.25) is 4.79 Å². The molecule has 1 fully saturated rings. The maximum Gasteiger partial charge on any atom is 0.197 e. The molecule has 0 aliphatic carbocycles. The van der Waals surface area contributed by atoms with E-state index in [0.29, 0.717) is 66.3 Å². The topological polar surface area (TPSA) is 169 Å². The molecule has 7 rings (SSSR count). The number of aliphatic hydroxyl groups is 1. The lowest BCUT2D eigenvalue weighted by atomic mass is 9.89. The Bertz CT molecular complexity index is 2460. The van der Waals surface area contributed by atoms with Gasteiger partial charge in [-0.25, -0.2) is 9.97 Å². The molecule has 1 aliphatic rings. The molecular weight excluding hydrogens is 787 g/mol. The molecule has 2 atom stereocenters. The summed E-state index contributed by atoms with van der Waals surface area (Å²) in [4.78, 5) is 23.5. The number of hydrogen-bond acceptors (Lipinski definition) is 13. The van der Waals surface area contributed by atoms with E-state index in [1.54, 1.807) is 38.5 Å². The van der Waals surface area contributed by atoms with Crippen LogP contribution in [0.3, 0.4) is 0 Å². The third-order valence-electron chi connectivity index (χ3n) is 9.60. The molecule has 0 radical (unpaired) electrons. The van der Waals surface area contributed by atoms with Gasteiger partial charge in [0.25, 0.3) is 0 Å². The number of fused-ring (bicyclic) bond motifs is 2. The number of phenols is 2. The van der Waals surface area contributed by atoms with E-state index in [4.69, 9.17) is 41.4 Å². The quantitative estimate of drug-likeness (QED) is 0.0686. The maximum atomic E-state index is 12.8. The Hall–Kier alpha value is -5.59. The van der Waals surface area contributed by atoms with Crippen LogP contribution in [-0.2, 0) is 9.47 Å². The molecule has 304 valence electrons. The zero-order valence-electron chi connectivity index (χ0n) is 32.1. The first-order valence-corrected chi connectivity index (χ1v) is 18.5. The number of nitrogens with one attached hydrogen (secondary N) is 1. The van der Waals surface area contributed by atoms with Crippen molar-refractivity contribution in [2.45, 2.75) is 18.4 Å². The summed E-state index contributed by atoms with van der Waals surface area (Å²) in [6.07, 6.45) is 7.67. The van der Waals surface area contributed by atoms with E-state index in [2.05, 4.69) is 21.2 Å². The molecule has 0 saturated carbocycles. The van der Waals surface area contributed by atoms with Crippen molar-refractivity contribution in [1.29, 1.82) is 0 Å². The SMILES string of the molecule is C#Cc1cccc(Nc2ncnc3cc(OCCOC)c(OCCOC)cc23)c1.CN1CC[C@@H](c2c(O)cc(O)c3c(=O)cc(-c4ccccc4Cl)oc23)[C@@H]1CO.Cl. The number of likely N-dealkylation sites (tertiary alicyclic amines) is 1. The highest BCUT2D eigenvalue weighted by Gasteiger charge is 2.36. The van der Waals surface area contributed by atoms with Crippen LogP contribution in [0.4, 0.5) is 11.5 Å². The van der Waals surface area contributed by atoms with Crippen LogP contribution in [0.15, 0.2) is 88.3 Å². The van der Waals surface area contributed by atoms with Gasteiger partial charge in [0, 0.05) is 72.1 Å². The Kier molecular flexibility index (Phi) is 15.2. The number of aliphatic hydroxyl groups excluding tert-OH is 1. The van der Waals surface area contributed by atoms with Gasteiger partial charge in [0.1, 0.15) is 53.6 Å². The number of halogens is 2. The highest BCUT2D eigenvalue weighted by molar-refractivity contribution is 6.33. The number of benzene rings is 4. The van der Waals surface area contributed by atoms with E-state index < -0.39 is 5.43 Å². The standard InChI is InChI=1S/C22H23N3O4.C21H20ClNO5.ClH/c1-4-16-6-5-7-17(12-16)25-22-18-13-20(28-10-8-26-2)21(29-11-9-27-3)14-19(18)23-15-24-22;1-23-7-6-12(14(23)10-24)19-15(25)8-16(26)20-17(27)9-18(28-21(19)20)11-4-2-3-5-13(11)22;/h1,5-7,12-15H,8-11H2,2-3H3,(H,23,24,25);2-5,8-9,12,14,24-26H,6-7,10H2,1H3;1H/t;12-,14+;/m.1./s1. The van der Waals surface area contributed by atoms with Gasteiger partial charge in [0.2, 0.25) is 0 Å². The predicted octanol–water partition coefficient (Wildman–Crippen LogP) is 7.13. The van der Waals surface area contributed by atoms with Gasteiger partial charge in [-0.05, 0) is 56.4 Å². The number of ether oxygens (including phenoxy) is 4. The first kappa shape index (κ1) is 43.5. The largest absolute Gasteiger partial charge is 0.507 e. The van der Waals surface area contributed by atoms with Crippen molar-refractivity contribution >= 4 is 57.4 Å². The normalized spacial score (nSPS) is 15.0. The molecule has 58 heavy (non-hydrogen) atoms. The average molecular weight is 832 g/mol. The second-order valence-electron chi connectivity index (χ2n) is 13.2. The highest BCUT2D eigenvalue weighted by atomic mass is 35.5. The molecule has 1 saturated heterocycles. The smallest absolute Gasteiger partial charge is 0.197 e. The van der Waals surface area contributed by atoms with Gasteiger partial charge in [0.15, 0.2) is 16.9 Å². The van der Waals surface area contributed by atoms with E-state index in [1.165, 1.54) is 12.4 Å². The molecule has 6 aromatic rings. The molecule has 0 bridgehead atoms. The number of nitrogens with zero attached hydrogens (tertiary/aromatic N) is 3. The summed E-state index contributed by atoms with van der Waals surface area (Å²) < 4.78 is 27.8. The minimum Gasteiger partial charge on any atom is -0.507 e. The van der Waals surface area contributed by atoms with Crippen LogP contribution in [0.5, 0.6) is 23.0 Å². The van der Waals surface area contributed by atoms with E-state index in [0.717, 1.165) is 34.8 Å². The molecule has 4 aromatic carbocycles. The van der Waals surface area contributed by atoms with E-state index >= 15 is 0 Å². The lowest BCUT2D eigenvalue weighted by molar-refractivity contribution is 0.132. The second-order valence-corrected chi connectivity index (χ2v) is 13.6. The van der Waals surface area contributed by atoms with Gasteiger partial charge in [0.05, 0.1) is 30.4 Å². The predicted molar refractivity (Wildman–Crippen MR) is 226 cm³/mol. The van der Waals surface area contributed by atoms with Crippen molar-refractivity contribution in [2.24, 2.45) is 0 Å². The lowest BCUT2D eigenvalue weighted by Crippen LogP contribution is -2.32. The van der Waals surface area contributed by atoms with E-state index in [-0.39, 0.29) is 59.2 Å². The number of aromatic hydroxyl groups is 2. The summed E-state index contributed by atoms with van der Waals surface area (Å²) in [6, 6.07) is 20.4. The van der Waals surface area contributed by atoms with Crippen molar-refractivity contribution < 1.29 is 38.7 Å². The number of hydrogen-bond donors (Lipinski definition) is 4. The first-order valence-electron chi connectivity index (χ1n) is 18.1. The Morgan fingerprint density at radius 1 is 0.948 bits per heavy atom. The molecule has 13 nitrogen and oxygen atoms in total. The summed E-state index contributed by atoms with van der Waals surface area (Å²) >= 11 is 6.26. The van der Waals surface area contributed by atoms with Crippen molar-refractivity contribution in [3.63, 3.8) is 0 Å². The van der Waals surface area contributed by atoms with Crippen LogP contribution < -0.4 is 20.2 Å². The Labute approximate surface area is 346 Å². The molecule has 2 aromatic heterocycles. The van der Waals surface area contributed by atoms with E-state index in [9.17, 15) is 20.1 Å². The number of rotatable bonds is 13. The number of likely N-dealkylation sites (N-methyl/N-ethyl adjacent to an activating group) is 1. The highest BCUT2D eigenvalue weighted by Crippen LogP contribution is 2.44. The van der Waals surface area contributed by atoms with Gasteiger partial charge in [-0.15, -0.1) is 18.8 Å². The van der Waals surface area contributed by atoms with Crippen molar-refractivity contribution in [1.82, 2.24) is 14.9 Å². The minimum atomic E-state index is -0.429. The molecule has 0 spiro atoms. The van der Waals surface area contributed by atoms with Gasteiger partial charge in [-0.2, -0.15) is 0 Å². The van der Waals surface area contributed by atoms with Crippen LogP contribution >= 0.6 is 24.0 Å². The van der Waals surface area contributed by atoms with Gasteiger partial charge >= 0.3 is 0 Å². The number of terminal acetylenes is 1. The van der Waals surface area contributed by atoms with Crippen LogP contribution in [0, 0.1) is 12.3 Å². The Morgan fingerprint density at radius 3 is 2.36 bits per heavy atom. The number of phenolic OH excluding ortho intramolecular Hbond substituents is 2. The average Bonchev–Trinajstić information content (AvgIpc) is 3.57. The summed E-state index contributed by atoms with van der Waals surface area (Å²) in [6.45, 7) is 2.35. The van der Waals surface area contributed by atoms with Crippen LogP contribution in [-0.4, -0.2) is 97.1 Å². The summed E-state index contributed by atoms with van der Waals surface area (Å²) in [5.41, 5.74) is 3.00. The van der Waals surface area contributed by atoms with Crippen LogP contribution in [0.25, 0.3) is 33.2 Å². The fourth-order valence-electron chi connectivity index (χ4n) is 6.77. The number of anilines is 2. The number of aromatic nitrogens is 2. The third kappa shape index (κ3) is 9.74. The molecule has 3 heterocycles. The molecule has 0 unspecified atom stereocenters. The minimum absolute atomic E-state index is 0. The fraction of sp³-hybridized carbons (Fsp3) is 0.279. The number of methoxy groups -OCH3 is 2. The van der Waals surface area contributed by atoms with Crippen LogP contribution in [0.2, 0.25) is 5.02 Å². The van der Waals surface area contributed by atoms with Gasteiger partial charge in [-0.1, -0.05) is 35.7 Å². The monoisotopic (exact) mass is 830 g/mol. The summed E-state index contributed by atoms with van der Waals surface area (Å²) in [5.74, 6) is 3.94. The molecular formula is C43H44Cl2N4O9. The fourth-order valence-corrected chi connectivity index (χ4v) is 7.00. The first-order chi connectivity index (χ1) is 27.7. The Morgan fingerprint density at radius 2 is 1.67 bits per heavy atom. The zero-order chi connectivity index (χ0) is 40.5. The third-order valence-corrected chi connectivity index (χ3v) is 9.93. The summed E-state index contributed by atoms with van der Waals surface area (Å²) in [7, 11) is 5.14. The van der Waals surface area contributed by atoms with Crippen molar-refractivity contribution in [3.05, 3.63) is 105 Å². The molecule has 0 amide bonds. The Balaban J connectivity index is 0.000000217. The second kappa shape index (κ2) is 20.2. The van der Waals surface area contributed by atoms with Crippen molar-refractivity contribution in [2.75, 3.05) is 66.2 Å².